The van der Waals surface area contributed by atoms with Crippen molar-refractivity contribution in [2.24, 2.45) is 0 Å². The van der Waals surface area contributed by atoms with Crippen LogP contribution in [0, 0.1) is 0 Å². The van der Waals surface area contributed by atoms with Crippen LogP contribution in [-0.4, -0.2) is 10.9 Å². The molecule has 1 heterocycles. The molecule has 0 saturated carbocycles. The molecule has 21 heavy (non-hydrogen) atoms. The number of carbonyl (C=O) groups excluding carboxylic acids is 1. The summed E-state index contributed by atoms with van der Waals surface area (Å²) >= 11 is 0. The molecular formula is C18H14N2O. The van der Waals surface area contributed by atoms with Gasteiger partial charge in [-0.3, -0.25) is 9.78 Å². The second-order valence-electron chi connectivity index (χ2n) is 5.31. The minimum absolute atomic E-state index is 0.123. The summed E-state index contributed by atoms with van der Waals surface area (Å²) in [7, 11) is 0. The van der Waals surface area contributed by atoms with E-state index in [0.717, 1.165) is 23.9 Å². The van der Waals surface area contributed by atoms with Gasteiger partial charge in [-0.1, -0.05) is 24.3 Å². The van der Waals surface area contributed by atoms with Crippen molar-refractivity contribution >= 4 is 22.4 Å². The Morgan fingerprint density at radius 3 is 2.67 bits per heavy atom. The lowest BCUT2D eigenvalue weighted by atomic mass is 10.0. The van der Waals surface area contributed by atoms with Crippen LogP contribution in [0.4, 0.5) is 5.69 Å². The maximum Gasteiger partial charge on any atom is 0.257 e. The zero-order valence-corrected chi connectivity index (χ0v) is 11.5. The predicted octanol–water partition coefficient (Wildman–Crippen LogP) is 3.59. The summed E-state index contributed by atoms with van der Waals surface area (Å²) in [5.41, 5.74) is 4.19. The molecule has 0 fully saturated rings. The minimum Gasteiger partial charge on any atom is -0.321 e. The fourth-order valence-electron chi connectivity index (χ4n) is 3.05. The van der Waals surface area contributed by atoms with E-state index in [1.807, 2.05) is 6.07 Å². The lowest BCUT2D eigenvalue weighted by Crippen LogP contribution is -2.12. The fourth-order valence-corrected chi connectivity index (χ4v) is 3.05. The number of hydrogen-bond acceptors (Lipinski definition) is 2. The molecule has 0 radical (unpaired) electrons. The molecule has 0 spiro atoms. The molecule has 0 bridgehead atoms. The Kier molecular flexibility index (Phi) is 2.71. The summed E-state index contributed by atoms with van der Waals surface area (Å²) in [5.74, 6) is -0.123. The summed E-state index contributed by atoms with van der Waals surface area (Å²) in [6, 6.07) is 14.0. The number of benzene rings is 2. The van der Waals surface area contributed by atoms with Gasteiger partial charge in [0, 0.05) is 23.5 Å². The van der Waals surface area contributed by atoms with Crippen LogP contribution >= 0.6 is 0 Å². The van der Waals surface area contributed by atoms with E-state index in [1.165, 1.54) is 16.5 Å². The van der Waals surface area contributed by atoms with Gasteiger partial charge >= 0.3 is 0 Å². The summed E-state index contributed by atoms with van der Waals surface area (Å²) in [4.78, 5) is 16.3. The van der Waals surface area contributed by atoms with Crippen molar-refractivity contribution in [2.45, 2.75) is 12.8 Å². The highest BCUT2D eigenvalue weighted by Gasteiger charge is 2.16. The summed E-state index contributed by atoms with van der Waals surface area (Å²) in [6.45, 7) is 0. The van der Waals surface area contributed by atoms with Gasteiger partial charge in [-0.15, -0.1) is 0 Å². The number of anilines is 1. The highest BCUT2D eigenvalue weighted by molar-refractivity contribution is 6.10. The van der Waals surface area contributed by atoms with Crippen LogP contribution in [-0.2, 0) is 12.8 Å². The number of amides is 1. The van der Waals surface area contributed by atoms with Gasteiger partial charge in [-0.2, -0.15) is 0 Å². The molecule has 1 aromatic heterocycles. The molecule has 3 nitrogen and oxygen atoms in total. The quantitative estimate of drug-likeness (QED) is 0.776. The van der Waals surface area contributed by atoms with E-state index in [1.54, 1.807) is 24.5 Å². The molecular weight excluding hydrogens is 260 g/mol. The molecule has 3 heteroatoms. The Bertz CT molecular complexity index is 830. The van der Waals surface area contributed by atoms with Crippen molar-refractivity contribution in [2.75, 3.05) is 5.32 Å². The average Bonchev–Trinajstić information content (AvgIpc) is 2.96. The van der Waals surface area contributed by atoms with E-state index in [2.05, 4.69) is 34.6 Å². The number of hydrogen-bond donors (Lipinski definition) is 1. The third kappa shape index (κ3) is 1.98. The van der Waals surface area contributed by atoms with Gasteiger partial charge in [-0.05, 0) is 47.6 Å². The number of aryl methyl sites for hydroxylation is 2. The van der Waals surface area contributed by atoms with Gasteiger partial charge in [0.15, 0.2) is 0 Å². The van der Waals surface area contributed by atoms with E-state index in [4.69, 9.17) is 0 Å². The van der Waals surface area contributed by atoms with Crippen LogP contribution in [0.3, 0.4) is 0 Å². The van der Waals surface area contributed by atoms with Crippen LogP contribution in [0.25, 0.3) is 10.8 Å². The van der Waals surface area contributed by atoms with Crippen molar-refractivity contribution in [3.05, 3.63) is 71.5 Å². The normalized spacial score (nSPS) is 12.6. The van der Waals surface area contributed by atoms with Crippen LogP contribution in [0.2, 0.25) is 0 Å². The van der Waals surface area contributed by atoms with E-state index < -0.39 is 0 Å². The monoisotopic (exact) mass is 274 g/mol. The largest absolute Gasteiger partial charge is 0.321 e. The van der Waals surface area contributed by atoms with Gasteiger partial charge in [0.25, 0.3) is 5.91 Å². The molecule has 1 aliphatic rings. The lowest BCUT2D eigenvalue weighted by molar-refractivity contribution is 0.102. The number of aromatic nitrogens is 1. The Morgan fingerprint density at radius 1 is 1.00 bits per heavy atom. The maximum absolute atomic E-state index is 12.3. The molecule has 1 amide bonds. The second-order valence-corrected chi connectivity index (χ2v) is 5.31. The molecule has 1 aliphatic carbocycles. The van der Waals surface area contributed by atoms with Crippen LogP contribution in [0.5, 0.6) is 0 Å². The van der Waals surface area contributed by atoms with Crippen molar-refractivity contribution in [3.63, 3.8) is 0 Å². The number of pyridine rings is 1. The number of nitrogens with one attached hydrogen (secondary N) is 1. The van der Waals surface area contributed by atoms with E-state index >= 15 is 0 Å². The first-order valence-corrected chi connectivity index (χ1v) is 7.08. The first kappa shape index (κ1) is 12.1. The van der Waals surface area contributed by atoms with Gasteiger partial charge in [0.1, 0.15) is 0 Å². The Labute approximate surface area is 122 Å². The maximum atomic E-state index is 12.3. The Balaban J connectivity index is 1.77. The highest BCUT2D eigenvalue weighted by Crippen LogP contribution is 2.35. The fraction of sp³-hybridized carbons (Fsp3) is 0.111. The van der Waals surface area contributed by atoms with Crippen molar-refractivity contribution in [3.8, 4) is 0 Å². The van der Waals surface area contributed by atoms with Gasteiger partial charge in [-0.25, -0.2) is 0 Å². The van der Waals surface area contributed by atoms with Crippen LogP contribution in [0.1, 0.15) is 21.5 Å². The highest BCUT2D eigenvalue weighted by atomic mass is 16.1. The van der Waals surface area contributed by atoms with E-state index in [-0.39, 0.29) is 5.91 Å². The standard InChI is InChI=1S/C18H14N2O/c21-18(14-4-2-10-19-11-14)20-16-9-8-13-7-6-12-3-1-5-15(16)17(12)13/h1-5,8-11H,6-7H2,(H,20,21). The average molecular weight is 274 g/mol. The van der Waals surface area contributed by atoms with Crippen LogP contribution in [0.15, 0.2) is 54.9 Å². The number of carbonyl (C=O) groups is 1. The third-order valence-electron chi connectivity index (χ3n) is 4.05. The molecule has 102 valence electrons. The summed E-state index contributed by atoms with van der Waals surface area (Å²) < 4.78 is 0. The van der Waals surface area contributed by atoms with Gasteiger partial charge in [0.2, 0.25) is 0 Å². The first-order valence-electron chi connectivity index (χ1n) is 7.08. The second kappa shape index (κ2) is 4.70. The third-order valence-corrected chi connectivity index (χ3v) is 4.05. The van der Waals surface area contributed by atoms with Gasteiger partial charge < -0.3 is 5.32 Å². The molecule has 0 aliphatic heterocycles. The number of nitrogens with zero attached hydrogens (tertiary/aromatic N) is 1. The Morgan fingerprint density at radius 2 is 1.86 bits per heavy atom. The summed E-state index contributed by atoms with van der Waals surface area (Å²) in [6.07, 6.45) is 5.42. The topological polar surface area (TPSA) is 42.0 Å². The Hall–Kier alpha value is -2.68. The molecule has 4 rings (SSSR count). The van der Waals surface area contributed by atoms with E-state index in [0.29, 0.717) is 5.56 Å². The van der Waals surface area contributed by atoms with Gasteiger partial charge in [0.05, 0.1) is 5.56 Å². The zero-order valence-electron chi connectivity index (χ0n) is 11.5. The molecule has 0 atom stereocenters. The summed E-state index contributed by atoms with van der Waals surface area (Å²) in [5, 5.41) is 5.44. The van der Waals surface area contributed by atoms with Crippen LogP contribution < -0.4 is 5.32 Å². The van der Waals surface area contributed by atoms with E-state index in [9.17, 15) is 4.79 Å². The first-order chi connectivity index (χ1) is 10.3. The molecule has 3 aromatic rings. The smallest absolute Gasteiger partial charge is 0.257 e. The number of rotatable bonds is 2. The lowest BCUT2D eigenvalue weighted by Gasteiger charge is -2.10. The zero-order chi connectivity index (χ0) is 14.2. The minimum atomic E-state index is -0.123. The molecule has 0 unspecified atom stereocenters. The SMILES string of the molecule is O=C(Nc1ccc2c3c(cccc13)CC2)c1cccnc1. The molecule has 2 aromatic carbocycles. The van der Waals surface area contributed by atoms with Crippen molar-refractivity contribution in [1.29, 1.82) is 0 Å². The predicted molar refractivity (Wildman–Crippen MR) is 83.5 cm³/mol. The molecule has 1 N–H and O–H groups in total. The van der Waals surface area contributed by atoms with Crippen molar-refractivity contribution in [1.82, 2.24) is 4.98 Å². The van der Waals surface area contributed by atoms with Crippen molar-refractivity contribution < 1.29 is 4.79 Å². The molecule has 0 saturated heterocycles.